The molecule has 0 unspecified atom stereocenters. The molecule has 8 heteroatoms. The Labute approximate surface area is 132 Å². The highest BCUT2D eigenvalue weighted by molar-refractivity contribution is 7.87. The molecule has 0 fully saturated rings. The van der Waals surface area contributed by atoms with Crippen LogP contribution in [0.15, 0.2) is 41.3 Å². The van der Waals surface area contributed by atoms with Gasteiger partial charge in [0.1, 0.15) is 10.6 Å². The lowest BCUT2D eigenvalue weighted by atomic mass is 10.1. The molecule has 0 aliphatic rings. The van der Waals surface area contributed by atoms with E-state index in [0.29, 0.717) is 16.1 Å². The third-order valence-corrected chi connectivity index (χ3v) is 4.81. The zero-order chi connectivity index (χ0) is 16.5. The number of benzene rings is 2. The van der Waals surface area contributed by atoms with Crippen molar-refractivity contribution in [1.29, 1.82) is 0 Å². The van der Waals surface area contributed by atoms with Crippen LogP contribution in [-0.4, -0.2) is 13.3 Å². The van der Waals surface area contributed by atoms with Crippen LogP contribution in [0.3, 0.4) is 0 Å². The lowest BCUT2D eigenvalue weighted by Gasteiger charge is -2.10. The second kappa shape index (κ2) is 5.94. The third-order valence-electron chi connectivity index (χ3n) is 2.95. The molecule has 22 heavy (non-hydrogen) atoms. The molecule has 2 rings (SSSR count). The van der Waals surface area contributed by atoms with Gasteiger partial charge in [-0.3, -0.25) is 10.1 Å². The third kappa shape index (κ3) is 3.37. The van der Waals surface area contributed by atoms with Crippen LogP contribution in [0.2, 0.25) is 5.02 Å². The van der Waals surface area contributed by atoms with Crippen molar-refractivity contribution >= 4 is 27.4 Å². The van der Waals surface area contributed by atoms with Crippen molar-refractivity contribution in [2.24, 2.45) is 0 Å². The molecule has 0 aromatic heterocycles. The van der Waals surface area contributed by atoms with E-state index in [9.17, 15) is 18.5 Å². The number of hydrogen-bond acceptors (Lipinski definition) is 5. The predicted molar refractivity (Wildman–Crippen MR) is 81.8 cm³/mol. The van der Waals surface area contributed by atoms with E-state index >= 15 is 0 Å². The summed E-state index contributed by atoms with van der Waals surface area (Å²) < 4.78 is 29.4. The average Bonchev–Trinajstić information content (AvgIpc) is 2.44. The summed E-state index contributed by atoms with van der Waals surface area (Å²) in [5, 5.41) is 11.1. The number of non-ortho nitro benzene ring substituents is 1. The molecular weight excluding hydrogens is 330 g/mol. The van der Waals surface area contributed by atoms with Gasteiger partial charge in [-0.25, -0.2) is 0 Å². The van der Waals surface area contributed by atoms with Crippen molar-refractivity contribution in [2.75, 3.05) is 0 Å². The van der Waals surface area contributed by atoms with Gasteiger partial charge < -0.3 is 4.18 Å². The minimum absolute atomic E-state index is 0.137. The van der Waals surface area contributed by atoms with E-state index in [1.54, 1.807) is 13.8 Å². The van der Waals surface area contributed by atoms with Crippen molar-refractivity contribution in [3.63, 3.8) is 0 Å². The minimum Gasteiger partial charge on any atom is -0.379 e. The molecule has 2 aromatic rings. The first kappa shape index (κ1) is 16.3. The summed E-state index contributed by atoms with van der Waals surface area (Å²) in [6.45, 7) is 3.47. The smallest absolute Gasteiger partial charge is 0.339 e. The molecule has 0 spiro atoms. The minimum atomic E-state index is -4.07. The number of aryl methyl sites for hydroxylation is 2. The maximum absolute atomic E-state index is 12.2. The molecule has 0 N–H and O–H groups in total. The van der Waals surface area contributed by atoms with E-state index in [2.05, 4.69) is 0 Å². The Morgan fingerprint density at radius 3 is 2.05 bits per heavy atom. The highest BCUT2D eigenvalue weighted by Gasteiger charge is 2.19. The average molecular weight is 342 g/mol. The van der Waals surface area contributed by atoms with Gasteiger partial charge in [0.25, 0.3) is 5.69 Å². The van der Waals surface area contributed by atoms with Crippen LogP contribution in [-0.2, 0) is 10.1 Å². The zero-order valence-corrected chi connectivity index (χ0v) is 13.3. The SMILES string of the molecule is Cc1cc(OS(=O)(=O)c2ccc([N+](=O)[O-])cc2)cc(C)c1Cl. The Morgan fingerprint density at radius 2 is 1.59 bits per heavy atom. The summed E-state index contributed by atoms with van der Waals surface area (Å²) in [5.74, 6) is 0.137. The molecule has 0 bridgehead atoms. The van der Waals surface area contributed by atoms with Crippen LogP contribution in [0.5, 0.6) is 5.75 Å². The lowest BCUT2D eigenvalue weighted by molar-refractivity contribution is -0.384. The van der Waals surface area contributed by atoms with Crippen LogP contribution in [0.25, 0.3) is 0 Å². The first-order valence-corrected chi connectivity index (χ1v) is 7.95. The first-order chi connectivity index (χ1) is 10.2. The maximum atomic E-state index is 12.2. The van der Waals surface area contributed by atoms with E-state index in [4.69, 9.17) is 15.8 Å². The van der Waals surface area contributed by atoms with Gasteiger partial charge >= 0.3 is 10.1 Å². The monoisotopic (exact) mass is 341 g/mol. The summed E-state index contributed by atoms with van der Waals surface area (Å²) in [7, 11) is -4.07. The normalized spacial score (nSPS) is 11.2. The van der Waals surface area contributed by atoms with E-state index in [1.807, 2.05) is 0 Å². The Balaban J connectivity index is 2.33. The van der Waals surface area contributed by atoms with Gasteiger partial charge in [0.05, 0.1) is 4.92 Å². The fraction of sp³-hybridized carbons (Fsp3) is 0.143. The second-order valence-corrected chi connectivity index (χ2v) is 6.58. The van der Waals surface area contributed by atoms with E-state index in [-0.39, 0.29) is 16.3 Å². The topological polar surface area (TPSA) is 86.5 Å². The summed E-state index contributed by atoms with van der Waals surface area (Å²) in [6, 6.07) is 7.49. The van der Waals surface area contributed by atoms with Gasteiger partial charge in [0.15, 0.2) is 0 Å². The van der Waals surface area contributed by atoms with Crippen LogP contribution in [0, 0.1) is 24.0 Å². The number of hydrogen-bond donors (Lipinski definition) is 0. The van der Waals surface area contributed by atoms with Gasteiger partial charge in [-0.1, -0.05) is 11.6 Å². The van der Waals surface area contributed by atoms with Crippen molar-refractivity contribution < 1.29 is 17.5 Å². The van der Waals surface area contributed by atoms with Crippen LogP contribution in [0.4, 0.5) is 5.69 Å². The summed E-state index contributed by atoms with van der Waals surface area (Å²) in [5.41, 5.74) is 1.18. The highest BCUT2D eigenvalue weighted by Crippen LogP contribution is 2.28. The maximum Gasteiger partial charge on any atom is 0.339 e. The molecular formula is C14H12ClNO5S. The number of rotatable bonds is 4. The van der Waals surface area contributed by atoms with E-state index in [0.717, 1.165) is 24.3 Å². The fourth-order valence-corrected chi connectivity index (χ4v) is 2.89. The number of halogens is 1. The summed E-state index contributed by atoms with van der Waals surface area (Å²) >= 11 is 6.02. The summed E-state index contributed by atoms with van der Waals surface area (Å²) in [6.07, 6.45) is 0. The predicted octanol–water partition coefficient (Wildman–Crippen LogP) is 3.63. The Kier molecular flexibility index (Phi) is 4.39. The fourth-order valence-electron chi connectivity index (χ4n) is 1.86. The van der Waals surface area contributed by atoms with Gasteiger partial charge in [-0.05, 0) is 49.2 Å². The molecule has 6 nitrogen and oxygen atoms in total. The number of nitro groups is 1. The Hall–Kier alpha value is -2.12. The van der Waals surface area contributed by atoms with Gasteiger partial charge in [-0.15, -0.1) is 0 Å². The zero-order valence-electron chi connectivity index (χ0n) is 11.7. The second-order valence-electron chi connectivity index (χ2n) is 4.66. The van der Waals surface area contributed by atoms with Gasteiger partial charge in [0.2, 0.25) is 0 Å². The molecule has 0 aliphatic heterocycles. The highest BCUT2D eigenvalue weighted by atomic mass is 35.5. The summed E-state index contributed by atoms with van der Waals surface area (Å²) in [4.78, 5) is 9.80. The Morgan fingerprint density at radius 1 is 1.09 bits per heavy atom. The molecule has 2 aromatic carbocycles. The quantitative estimate of drug-likeness (QED) is 0.481. The molecule has 0 amide bonds. The number of nitrogens with zero attached hydrogens (tertiary/aromatic N) is 1. The van der Waals surface area contributed by atoms with Gasteiger partial charge in [0, 0.05) is 17.2 Å². The van der Waals surface area contributed by atoms with E-state index in [1.165, 1.54) is 12.1 Å². The molecule has 0 aliphatic carbocycles. The lowest BCUT2D eigenvalue weighted by Crippen LogP contribution is -2.10. The molecule has 0 saturated carbocycles. The number of nitro benzene ring substituents is 1. The van der Waals surface area contributed by atoms with Crippen LogP contribution in [0.1, 0.15) is 11.1 Å². The molecule has 0 radical (unpaired) electrons. The van der Waals surface area contributed by atoms with Crippen molar-refractivity contribution in [1.82, 2.24) is 0 Å². The van der Waals surface area contributed by atoms with Crippen LogP contribution < -0.4 is 4.18 Å². The molecule has 0 saturated heterocycles. The van der Waals surface area contributed by atoms with E-state index < -0.39 is 15.0 Å². The van der Waals surface area contributed by atoms with Crippen molar-refractivity contribution in [3.05, 3.63) is 62.7 Å². The van der Waals surface area contributed by atoms with Crippen molar-refractivity contribution in [3.8, 4) is 5.75 Å². The van der Waals surface area contributed by atoms with Crippen LogP contribution >= 0.6 is 11.6 Å². The Bertz CT molecular complexity index is 808. The molecule has 116 valence electrons. The van der Waals surface area contributed by atoms with Crippen molar-refractivity contribution in [2.45, 2.75) is 18.7 Å². The van der Waals surface area contributed by atoms with Gasteiger partial charge in [-0.2, -0.15) is 8.42 Å². The standard InChI is InChI=1S/C14H12ClNO5S/c1-9-7-12(8-10(2)14(9)15)21-22(19,20)13-5-3-11(4-6-13)16(17)18/h3-8H,1-2H3. The first-order valence-electron chi connectivity index (χ1n) is 6.16. The molecule has 0 atom stereocenters. The largest absolute Gasteiger partial charge is 0.379 e. The molecule has 0 heterocycles.